The molecule has 1 aromatic heterocycles. The van der Waals surface area contributed by atoms with E-state index >= 15 is 0 Å². The van der Waals surface area contributed by atoms with Gasteiger partial charge in [-0.3, -0.25) is 18.7 Å². The fourth-order valence-corrected chi connectivity index (χ4v) is 3.85. The Bertz CT molecular complexity index is 1260. The summed E-state index contributed by atoms with van der Waals surface area (Å²) in [6, 6.07) is 15.1. The molecule has 8 nitrogen and oxygen atoms in total. The smallest absolute Gasteiger partial charge is 0.332 e. The minimum atomic E-state index is -0.508. The number of fused-ring (bicyclic) bond motifs is 1. The molecule has 1 atom stereocenters. The number of hydrogen-bond donors (Lipinski definition) is 1. The van der Waals surface area contributed by atoms with Gasteiger partial charge in [-0.2, -0.15) is 0 Å². The molecule has 1 amide bonds. The number of nitrogens with one attached hydrogen (secondary N) is 1. The van der Waals surface area contributed by atoms with Crippen molar-refractivity contribution in [2.45, 2.75) is 18.9 Å². The van der Waals surface area contributed by atoms with Crippen molar-refractivity contribution in [2.75, 3.05) is 12.4 Å². The molecule has 0 fully saturated rings. The number of rotatable bonds is 5. The van der Waals surface area contributed by atoms with Crippen molar-refractivity contribution in [3.05, 3.63) is 86.1 Å². The minimum Gasteiger partial charge on any atom is -0.493 e. The fraction of sp³-hybridized carbons (Fsp3) is 0.261. The largest absolute Gasteiger partial charge is 0.493 e. The van der Waals surface area contributed by atoms with E-state index in [-0.39, 0.29) is 18.1 Å². The second kappa shape index (κ2) is 8.14. The molecule has 2 aromatic carbocycles. The Kier molecular flexibility index (Phi) is 5.37. The zero-order valence-electron chi connectivity index (χ0n) is 17.5. The van der Waals surface area contributed by atoms with Crippen LogP contribution in [0.5, 0.6) is 11.5 Å². The quantitative estimate of drug-likeness (QED) is 0.682. The van der Waals surface area contributed by atoms with Crippen LogP contribution in [0.2, 0.25) is 0 Å². The summed E-state index contributed by atoms with van der Waals surface area (Å²) in [6.07, 6.45) is 0.0911. The topological polar surface area (TPSA) is 91.6 Å². The lowest BCUT2D eigenvalue weighted by molar-refractivity contribution is -0.116. The van der Waals surface area contributed by atoms with Crippen LogP contribution < -0.4 is 26.0 Å². The Morgan fingerprint density at radius 1 is 1.00 bits per heavy atom. The van der Waals surface area contributed by atoms with Gasteiger partial charge in [0.2, 0.25) is 5.91 Å². The highest BCUT2D eigenvalue weighted by molar-refractivity contribution is 5.94. The molecule has 0 saturated carbocycles. The summed E-state index contributed by atoms with van der Waals surface area (Å²) in [5.41, 5.74) is 1.22. The lowest BCUT2D eigenvalue weighted by Gasteiger charge is -2.27. The number of nitrogens with zero attached hydrogens (tertiary/aromatic N) is 2. The van der Waals surface area contributed by atoms with Gasteiger partial charge in [-0.15, -0.1) is 0 Å². The normalized spacial score (nSPS) is 15.2. The Hall–Kier alpha value is -3.81. The van der Waals surface area contributed by atoms with E-state index in [1.807, 2.05) is 36.4 Å². The van der Waals surface area contributed by atoms with E-state index in [1.54, 1.807) is 19.2 Å². The molecule has 8 heteroatoms. The molecule has 0 spiro atoms. The molecule has 1 aliphatic rings. The predicted octanol–water partition coefficient (Wildman–Crippen LogP) is 2.15. The summed E-state index contributed by atoms with van der Waals surface area (Å²) in [6.45, 7) is 0.383. The lowest BCUT2D eigenvalue weighted by atomic mass is 9.86. The van der Waals surface area contributed by atoms with Gasteiger partial charge in [0.05, 0.1) is 12.7 Å². The molecule has 0 aliphatic carbocycles. The van der Waals surface area contributed by atoms with E-state index < -0.39 is 17.2 Å². The Morgan fingerprint density at radius 2 is 1.74 bits per heavy atom. The molecular weight excluding hydrogens is 398 g/mol. The molecule has 0 unspecified atom stereocenters. The van der Waals surface area contributed by atoms with Crippen LogP contribution in [0.3, 0.4) is 0 Å². The van der Waals surface area contributed by atoms with Crippen LogP contribution >= 0.6 is 0 Å². The van der Waals surface area contributed by atoms with Gasteiger partial charge < -0.3 is 14.8 Å². The third-order valence-corrected chi connectivity index (χ3v) is 5.52. The fourth-order valence-electron chi connectivity index (χ4n) is 3.85. The summed E-state index contributed by atoms with van der Waals surface area (Å²) in [5.74, 6) is 0.528. The van der Waals surface area contributed by atoms with Crippen LogP contribution in [0.1, 0.15) is 29.0 Å². The summed E-state index contributed by atoms with van der Waals surface area (Å²) in [4.78, 5) is 37.5. The van der Waals surface area contributed by atoms with Gasteiger partial charge in [0.15, 0.2) is 11.5 Å². The number of carbonyl (C=O) groups is 1. The van der Waals surface area contributed by atoms with Crippen LogP contribution in [0.25, 0.3) is 0 Å². The molecule has 2 heterocycles. The van der Waals surface area contributed by atoms with Crippen LogP contribution in [-0.4, -0.2) is 22.2 Å². The first-order chi connectivity index (χ1) is 14.9. The van der Waals surface area contributed by atoms with Crippen molar-refractivity contribution in [2.24, 2.45) is 14.1 Å². The van der Waals surface area contributed by atoms with Crippen LogP contribution in [0, 0.1) is 0 Å². The van der Waals surface area contributed by atoms with Gasteiger partial charge >= 0.3 is 5.69 Å². The molecule has 1 N–H and O–H groups in total. The first kappa shape index (κ1) is 20.5. The Balaban J connectivity index is 1.73. The van der Waals surface area contributed by atoms with Gasteiger partial charge in [-0.25, -0.2) is 4.79 Å². The van der Waals surface area contributed by atoms with Crippen molar-refractivity contribution >= 4 is 11.7 Å². The Labute approximate surface area is 178 Å². The molecule has 160 valence electrons. The Morgan fingerprint density at radius 3 is 2.45 bits per heavy atom. The minimum absolute atomic E-state index is 0.0911. The van der Waals surface area contributed by atoms with Crippen molar-refractivity contribution in [3.8, 4) is 11.5 Å². The second-order valence-electron chi connectivity index (χ2n) is 7.46. The number of carbonyl (C=O) groups excluding carboxylic acids is 1. The van der Waals surface area contributed by atoms with E-state index in [1.165, 1.54) is 18.7 Å². The van der Waals surface area contributed by atoms with E-state index in [4.69, 9.17) is 9.47 Å². The highest BCUT2D eigenvalue weighted by Gasteiger charge is 2.32. The SMILES string of the molecule is COc1cc([C@H]2CC(=O)Nc3c2c(=O)n(C)c(=O)n3C)ccc1OCc1ccccc1. The second-order valence-corrected chi connectivity index (χ2v) is 7.46. The summed E-state index contributed by atoms with van der Waals surface area (Å²) in [7, 11) is 4.50. The van der Waals surface area contributed by atoms with Crippen LogP contribution in [0.4, 0.5) is 5.82 Å². The standard InChI is InChI=1S/C23H23N3O5/c1-25-21-20(22(28)26(2)23(25)29)16(12-19(27)24-21)15-9-10-17(18(11-15)30-3)31-13-14-7-5-4-6-8-14/h4-11,16H,12-13H2,1-3H3,(H,24,27)/t16-/m1/s1. The summed E-state index contributed by atoms with van der Waals surface area (Å²) < 4.78 is 13.8. The molecule has 31 heavy (non-hydrogen) atoms. The van der Waals surface area contributed by atoms with Crippen molar-refractivity contribution < 1.29 is 14.3 Å². The molecule has 1 aliphatic heterocycles. The van der Waals surface area contributed by atoms with Gasteiger partial charge in [0.25, 0.3) is 5.56 Å². The summed E-state index contributed by atoms with van der Waals surface area (Å²) in [5, 5.41) is 2.67. The first-order valence-electron chi connectivity index (χ1n) is 9.85. The van der Waals surface area contributed by atoms with Gasteiger partial charge in [0.1, 0.15) is 12.4 Å². The van der Waals surface area contributed by atoms with Gasteiger partial charge in [0, 0.05) is 26.4 Å². The summed E-state index contributed by atoms with van der Waals surface area (Å²) >= 11 is 0. The zero-order valence-corrected chi connectivity index (χ0v) is 17.5. The molecular formula is C23H23N3O5. The number of hydrogen-bond acceptors (Lipinski definition) is 5. The van der Waals surface area contributed by atoms with E-state index in [0.29, 0.717) is 23.7 Å². The zero-order chi connectivity index (χ0) is 22.1. The highest BCUT2D eigenvalue weighted by atomic mass is 16.5. The number of benzene rings is 2. The number of ether oxygens (including phenoxy) is 2. The van der Waals surface area contributed by atoms with E-state index in [2.05, 4.69) is 5.32 Å². The number of anilines is 1. The average Bonchev–Trinajstić information content (AvgIpc) is 2.80. The molecule has 3 aromatic rings. The third-order valence-electron chi connectivity index (χ3n) is 5.52. The maximum Gasteiger partial charge on any atom is 0.332 e. The van der Waals surface area contributed by atoms with E-state index in [0.717, 1.165) is 15.7 Å². The number of aromatic nitrogens is 2. The maximum absolute atomic E-state index is 12.9. The van der Waals surface area contributed by atoms with Crippen LogP contribution in [0.15, 0.2) is 58.1 Å². The van der Waals surface area contributed by atoms with Gasteiger partial charge in [-0.05, 0) is 23.3 Å². The average molecular weight is 421 g/mol. The highest BCUT2D eigenvalue weighted by Crippen LogP contribution is 2.38. The van der Waals surface area contributed by atoms with Gasteiger partial charge in [-0.1, -0.05) is 36.4 Å². The number of methoxy groups -OCH3 is 1. The molecule has 0 bridgehead atoms. The number of amides is 1. The monoisotopic (exact) mass is 421 g/mol. The predicted molar refractivity (Wildman–Crippen MR) is 116 cm³/mol. The first-order valence-corrected chi connectivity index (χ1v) is 9.85. The molecule has 0 radical (unpaired) electrons. The van der Waals surface area contributed by atoms with Crippen molar-refractivity contribution in [1.82, 2.24) is 9.13 Å². The molecule has 0 saturated heterocycles. The van der Waals surface area contributed by atoms with Crippen molar-refractivity contribution in [3.63, 3.8) is 0 Å². The van der Waals surface area contributed by atoms with Crippen LogP contribution in [-0.2, 0) is 25.5 Å². The lowest BCUT2D eigenvalue weighted by Crippen LogP contribution is -2.44. The third kappa shape index (κ3) is 3.72. The van der Waals surface area contributed by atoms with E-state index in [9.17, 15) is 14.4 Å². The van der Waals surface area contributed by atoms with Crippen molar-refractivity contribution in [1.29, 1.82) is 0 Å². The maximum atomic E-state index is 12.9. The molecule has 4 rings (SSSR count).